The van der Waals surface area contributed by atoms with E-state index >= 15 is 0 Å². The molecule has 1 aliphatic heterocycles. The van der Waals surface area contributed by atoms with Gasteiger partial charge in [-0.15, -0.1) is 0 Å². The van der Waals surface area contributed by atoms with Gasteiger partial charge >= 0.3 is 0 Å². The number of benzene rings is 2. The van der Waals surface area contributed by atoms with Crippen LogP contribution in [0.5, 0.6) is 0 Å². The first-order valence-electron chi connectivity index (χ1n) is 10.9. The van der Waals surface area contributed by atoms with Crippen LogP contribution in [-0.4, -0.2) is 50.4 Å². The third-order valence-electron chi connectivity index (χ3n) is 6.42. The van der Waals surface area contributed by atoms with E-state index in [-0.39, 0.29) is 11.1 Å². The lowest BCUT2D eigenvalue weighted by Gasteiger charge is -2.40. The summed E-state index contributed by atoms with van der Waals surface area (Å²) in [6, 6.07) is 21.7. The van der Waals surface area contributed by atoms with E-state index in [4.69, 9.17) is 4.43 Å². The van der Waals surface area contributed by atoms with Gasteiger partial charge in [0.2, 0.25) is 0 Å². The first-order chi connectivity index (χ1) is 13.7. The van der Waals surface area contributed by atoms with Crippen LogP contribution in [0, 0.1) is 0 Å². The highest BCUT2D eigenvalue weighted by molar-refractivity contribution is 6.74. The topological polar surface area (TPSA) is 15.7 Å². The smallest absolute Gasteiger partial charge is 0.192 e. The van der Waals surface area contributed by atoms with Gasteiger partial charge in [-0.25, -0.2) is 0 Å². The van der Waals surface area contributed by atoms with E-state index in [9.17, 15) is 0 Å². The molecule has 0 radical (unpaired) electrons. The largest absolute Gasteiger partial charge is 0.411 e. The van der Waals surface area contributed by atoms with Crippen LogP contribution in [0.15, 0.2) is 60.7 Å². The van der Waals surface area contributed by atoms with Crippen molar-refractivity contribution in [3.05, 3.63) is 71.8 Å². The molecule has 1 saturated heterocycles. The Morgan fingerprint density at radius 1 is 0.793 bits per heavy atom. The lowest BCUT2D eigenvalue weighted by Crippen LogP contribution is -2.48. The highest BCUT2D eigenvalue weighted by atomic mass is 28.4. The summed E-state index contributed by atoms with van der Waals surface area (Å²) in [7, 11) is -1.81. The molecule has 0 spiro atoms. The summed E-state index contributed by atoms with van der Waals surface area (Å²) >= 11 is 0. The van der Waals surface area contributed by atoms with Gasteiger partial charge in [-0.3, -0.25) is 9.80 Å². The van der Waals surface area contributed by atoms with Crippen LogP contribution in [0.4, 0.5) is 0 Å². The Hall–Kier alpha value is -1.46. The average Bonchev–Trinajstić information content (AvgIpc) is 2.84. The molecular weight excluding hydrogens is 372 g/mol. The third kappa shape index (κ3) is 6.51. The van der Waals surface area contributed by atoms with Crippen molar-refractivity contribution < 1.29 is 4.43 Å². The van der Waals surface area contributed by atoms with Crippen molar-refractivity contribution in [2.75, 3.05) is 26.2 Å². The fourth-order valence-corrected chi connectivity index (χ4v) is 5.07. The molecule has 0 unspecified atom stereocenters. The SMILES string of the molecule is CC(C)(C)[Si](C)(C)OC1CN(Cc2ccccc2)CCN(Cc2ccccc2)C1. The second-order valence-electron chi connectivity index (χ2n) is 9.94. The van der Waals surface area contributed by atoms with E-state index in [0.717, 1.165) is 39.3 Å². The average molecular weight is 411 g/mol. The van der Waals surface area contributed by atoms with E-state index in [0.29, 0.717) is 0 Å². The summed E-state index contributed by atoms with van der Waals surface area (Å²) < 4.78 is 6.91. The van der Waals surface area contributed by atoms with Crippen LogP contribution in [0.3, 0.4) is 0 Å². The molecule has 2 aromatic rings. The van der Waals surface area contributed by atoms with E-state index in [2.05, 4.69) is 104 Å². The van der Waals surface area contributed by atoms with Gasteiger partial charge in [0.25, 0.3) is 0 Å². The molecule has 0 saturated carbocycles. The maximum atomic E-state index is 6.91. The zero-order valence-corrected chi connectivity index (χ0v) is 19.9. The zero-order valence-electron chi connectivity index (χ0n) is 18.9. The molecule has 0 aromatic heterocycles. The minimum Gasteiger partial charge on any atom is -0.411 e. The molecule has 0 bridgehead atoms. The Kier molecular flexibility index (Phi) is 7.33. The standard InChI is InChI=1S/C25H38N2OSi/c1-25(2,3)29(4,5)28-24-20-26(18-22-12-8-6-9-13-22)16-17-27(21-24)19-23-14-10-7-11-15-23/h6-15,24H,16-21H2,1-5H3. The Balaban J connectivity index is 1.74. The number of rotatable bonds is 6. The molecule has 0 N–H and O–H groups in total. The highest BCUT2D eigenvalue weighted by Crippen LogP contribution is 2.37. The van der Waals surface area contributed by atoms with Gasteiger partial charge in [-0.1, -0.05) is 81.4 Å². The van der Waals surface area contributed by atoms with Crippen molar-refractivity contribution in [2.45, 2.75) is 58.1 Å². The number of hydrogen-bond donors (Lipinski definition) is 0. The van der Waals surface area contributed by atoms with Gasteiger partial charge in [0.05, 0.1) is 6.10 Å². The van der Waals surface area contributed by atoms with Crippen molar-refractivity contribution in [1.82, 2.24) is 9.80 Å². The summed E-state index contributed by atoms with van der Waals surface area (Å²) in [4.78, 5) is 5.16. The van der Waals surface area contributed by atoms with Crippen LogP contribution < -0.4 is 0 Å². The first kappa shape index (κ1) is 22.2. The fraction of sp³-hybridized carbons (Fsp3) is 0.520. The van der Waals surface area contributed by atoms with Crippen molar-refractivity contribution in [3.8, 4) is 0 Å². The normalized spacial score (nSPS) is 18.0. The monoisotopic (exact) mass is 410 g/mol. The molecule has 3 nitrogen and oxygen atoms in total. The molecule has 4 heteroatoms. The highest BCUT2D eigenvalue weighted by Gasteiger charge is 2.40. The molecule has 1 heterocycles. The zero-order chi connectivity index (χ0) is 20.9. The Labute approximate surface area is 178 Å². The number of hydrogen-bond acceptors (Lipinski definition) is 3. The minimum atomic E-state index is -1.81. The summed E-state index contributed by atoms with van der Waals surface area (Å²) in [5, 5.41) is 0.230. The fourth-order valence-electron chi connectivity index (χ4n) is 3.74. The molecule has 1 fully saturated rings. The van der Waals surface area contributed by atoms with E-state index < -0.39 is 8.32 Å². The predicted octanol–water partition coefficient (Wildman–Crippen LogP) is 5.39. The third-order valence-corrected chi connectivity index (χ3v) is 11.0. The second-order valence-corrected chi connectivity index (χ2v) is 14.7. The summed E-state index contributed by atoms with van der Waals surface area (Å²) in [5.41, 5.74) is 2.77. The molecule has 0 aliphatic carbocycles. The molecule has 1 aliphatic rings. The van der Waals surface area contributed by atoms with Crippen LogP contribution in [0.2, 0.25) is 18.1 Å². The summed E-state index contributed by atoms with van der Waals surface area (Å²) in [5.74, 6) is 0. The van der Waals surface area contributed by atoms with Crippen molar-refractivity contribution >= 4 is 8.32 Å². The molecule has 3 rings (SSSR count). The van der Waals surface area contributed by atoms with Gasteiger partial charge in [0.1, 0.15) is 0 Å². The van der Waals surface area contributed by atoms with Gasteiger partial charge in [-0.2, -0.15) is 0 Å². The quantitative estimate of drug-likeness (QED) is 0.593. The molecule has 0 atom stereocenters. The summed E-state index contributed by atoms with van der Waals surface area (Å²) in [6.07, 6.45) is 0.255. The molecule has 2 aromatic carbocycles. The van der Waals surface area contributed by atoms with Crippen LogP contribution in [0.1, 0.15) is 31.9 Å². The summed E-state index contributed by atoms with van der Waals surface area (Å²) in [6.45, 7) is 17.9. The van der Waals surface area contributed by atoms with E-state index in [1.807, 2.05) is 0 Å². The Bertz CT molecular complexity index is 691. The van der Waals surface area contributed by atoms with Gasteiger partial charge in [-0.05, 0) is 29.3 Å². The Morgan fingerprint density at radius 2 is 1.21 bits per heavy atom. The van der Waals surface area contributed by atoms with E-state index in [1.54, 1.807) is 0 Å². The van der Waals surface area contributed by atoms with Crippen LogP contribution >= 0.6 is 0 Å². The molecular formula is C25H38N2OSi. The predicted molar refractivity (Wildman–Crippen MR) is 126 cm³/mol. The first-order valence-corrected chi connectivity index (χ1v) is 13.8. The lowest BCUT2D eigenvalue weighted by molar-refractivity contribution is 0.113. The maximum Gasteiger partial charge on any atom is 0.192 e. The molecule has 29 heavy (non-hydrogen) atoms. The van der Waals surface area contributed by atoms with Crippen molar-refractivity contribution in [2.24, 2.45) is 0 Å². The molecule has 158 valence electrons. The lowest BCUT2D eigenvalue weighted by atomic mass is 10.2. The van der Waals surface area contributed by atoms with Gasteiger partial charge in [0.15, 0.2) is 8.32 Å². The van der Waals surface area contributed by atoms with Crippen LogP contribution in [-0.2, 0) is 17.5 Å². The molecule has 0 amide bonds. The van der Waals surface area contributed by atoms with Gasteiger partial charge < -0.3 is 4.43 Å². The van der Waals surface area contributed by atoms with E-state index in [1.165, 1.54) is 11.1 Å². The minimum absolute atomic E-state index is 0.230. The second kappa shape index (κ2) is 9.56. The van der Waals surface area contributed by atoms with Crippen molar-refractivity contribution in [3.63, 3.8) is 0 Å². The van der Waals surface area contributed by atoms with Gasteiger partial charge in [0, 0.05) is 39.3 Å². The Morgan fingerprint density at radius 3 is 1.59 bits per heavy atom. The van der Waals surface area contributed by atoms with Crippen LogP contribution in [0.25, 0.3) is 0 Å². The van der Waals surface area contributed by atoms with Crippen molar-refractivity contribution in [1.29, 1.82) is 0 Å². The number of nitrogens with zero attached hydrogens (tertiary/aromatic N) is 2. The maximum absolute atomic E-state index is 6.91.